The smallest absolute Gasteiger partial charge is 0.185 e. The molecule has 1 aliphatic carbocycles. The van der Waals surface area contributed by atoms with Gasteiger partial charge in [0.15, 0.2) is 5.78 Å². The van der Waals surface area contributed by atoms with Crippen molar-refractivity contribution in [3.05, 3.63) is 41.3 Å². The lowest BCUT2D eigenvalue weighted by molar-refractivity contribution is -0.114. The van der Waals surface area contributed by atoms with Gasteiger partial charge in [-0.15, -0.1) is 0 Å². The van der Waals surface area contributed by atoms with E-state index in [9.17, 15) is 9.90 Å². The topological polar surface area (TPSA) is 55.1 Å². The van der Waals surface area contributed by atoms with E-state index in [1.165, 1.54) is 0 Å². The number of aryl methyl sites for hydroxylation is 1. The summed E-state index contributed by atoms with van der Waals surface area (Å²) in [4.78, 5) is 12.9. The summed E-state index contributed by atoms with van der Waals surface area (Å²) in [5, 5.41) is 15.4. The van der Waals surface area contributed by atoms with Crippen LogP contribution in [0.1, 0.15) is 47.2 Å². The minimum absolute atomic E-state index is 0.0202. The maximum Gasteiger partial charge on any atom is 0.185 e. The number of rotatable bonds is 1. The molecule has 0 amide bonds. The van der Waals surface area contributed by atoms with E-state index in [0.717, 1.165) is 0 Å². The highest BCUT2D eigenvalue weighted by Crippen LogP contribution is 2.43. The van der Waals surface area contributed by atoms with Gasteiger partial charge in [-0.05, 0) is 29.0 Å². The molecule has 22 heavy (non-hydrogen) atoms. The summed E-state index contributed by atoms with van der Waals surface area (Å²) in [7, 11) is 1.79. The van der Waals surface area contributed by atoms with E-state index in [0.29, 0.717) is 16.8 Å². The molecule has 0 saturated carbocycles. The number of aromatic nitrogens is 2. The van der Waals surface area contributed by atoms with E-state index in [2.05, 4.69) is 5.10 Å². The SMILES string of the molecule is Cn1nccc1C1(O)C=C(C(C)(C)C)C(=O)C(C(C)(C)C)=C1. The molecule has 0 saturated heterocycles. The average Bonchev–Trinajstić information content (AvgIpc) is 2.76. The predicted molar refractivity (Wildman–Crippen MR) is 87.2 cm³/mol. The second-order valence-electron chi connectivity index (χ2n) is 8.11. The Kier molecular flexibility index (Phi) is 3.73. The van der Waals surface area contributed by atoms with Crippen molar-refractivity contribution in [2.75, 3.05) is 0 Å². The van der Waals surface area contributed by atoms with Crippen LogP contribution in [-0.4, -0.2) is 20.7 Å². The van der Waals surface area contributed by atoms with Crippen molar-refractivity contribution in [1.82, 2.24) is 9.78 Å². The van der Waals surface area contributed by atoms with Crippen LogP contribution in [0.5, 0.6) is 0 Å². The molecule has 2 rings (SSSR count). The molecular formula is C18H26N2O2. The molecule has 0 spiro atoms. The number of carbonyl (C=O) groups excluding carboxylic acids is 1. The third kappa shape index (κ3) is 2.80. The monoisotopic (exact) mass is 302 g/mol. The fourth-order valence-electron chi connectivity index (χ4n) is 2.79. The summed E-state index contributed by atoms with van der Waals surface area (Å²) < 4.78 is 1.64. The molecule has 4 nitrogen and oxygen atoms in total. The van der Waals surface area contributed by atoms with Crippen molar-refractivity contribution in [2.45, 2.75) is 47.1 Å². The summed E-state index contributed by atoms with van der Waals surface area (Å²) >= 11 is 0. The van der Waals surface area contributed by atoms with E-state index in [1.807, 2.05) is 41.5 Å². The van der Waals surface area contributed by atoms with Crippen LogP contribution in [0, 0.1) is 10.8 Å². The molecule has 1 aromatic heterocycles. The van der Waals surface area contributed by atoms with Crippen LogP contribution in [0.25, 0.3) is 0 Å². The van der Waals surface area contributed by atoms with Crippen molar-refractivity contribution >= 4 is 5.78 Å². The number of nitrogens with zero attached hydrogens (tertiary/aromatic N) is 2. The van der Waals surface area contributed by atoms with Crippen molar-refractivity contribution in [3.63, 3.8) is 0 Å². The van der Waals surface area contributed by atoms with Crippen LogP contribution in [0.3, 0.4) is 0 Å². The Bertz CT molecular complexity index is 630. The molecule has 0 radical (unpaired) electrons. The standard InChI is InChI=1S/C18H26N2O2/c1-16(2,3)12-10-18(22,14-8-9-19-20(14)7)11-13(15(12)21)17(4,5)6/h8-11,22H,1-7H3. The largest absolute Gasteiger partial charge is 0.376 e. The predicted octanol–water partition coefficient (Wildman–Crippen LogP) is 3.14. The van der Waals surface area contributed by atoms with Crippen LogP contribution >= 0.6 is 0 Å². The highest BCUT2D eigenvalue weighted by atomic mass is 16.3. The zero-order valence-corrected chi connectivity index (χ0v) is 14.6. The molecule has 0 aliphatic heterocycles. The molecule has 0 aromatic carbocycles. The average molecular weight is 302 g/mol. The van der Waals surface area contributed by atoms with Crippen molar-refractivity contribution in [1.29, 1.82) is 0 Å². The fourth-order valence-corrected chi connectivity index (χ4v) is 2.79. The maximum atomic E-state index is 12.9. The van der Waals surface area contributed by atoms with Gasteiger partial charge in [0.25, 0.3) is 0 Å². The zero-order chi connectivity index (χ0) is 16.9. The molecule has 120 valence electrons. The molecule has 0 unspecified atom stereocenters. The van der Waals surface area contributed by atoms with Gasteiger partial charge in [-0.1, -0.05) is 41.5 Å². The molecule has 1 aromatic rings. The van der Waals surface area contributed by atoms with E-state index in [1.54, 1.807) is 36.1 Å². The first kappa shape index (κ1) is 16.7. The number of hydrogen-bond donors (Lipinski definition) is 1. The lowest BCUT2D eigenvalue weighted by Gasteiger charge is -2.36. The van der Waals surface area contributed by atoms with Gasteiger partial charge in [0.1, 0.15) is 5.60 Å². The van der Waals surface area contributed by atoms with Gasteiger partial charge in [0.2, 0.25) is 0 Å². The molecular weight excluding hydrogens is 276 g/mol. The molecule has 4 heteroatoms. The van der Waals surface area contributed by atoms with E-state index in [4.69, 9.17) is 0 Å². The first-order valence-electron chi connectivity index (χ1n) is 7.58. The Morgan fingerprint density at radius 3 is 1.82 bits per heavy atom. The molecule has 1 heterocycles. The Labute approximate surface area is 132 Å². The fraction of sp³-hybridized carbons (Fsp3) is 0.556. The van der Waals surface area contributed by atoms with Crippen LogP contribution in [0.15, 0.2) is 35.6 Å². The minimum atomic E-state index is -1.32. The number of ketones is 1. The highest BCUT2D eigenvalue weighted by molar-refractivity contribution is 6.11. The van der Waals surface area contributed by atoms with Crippen molar-refractivity contribution in [3.8, 4) is 0 Å². The minimum Gasteiger partial charge on any atom is -0.376 e. The summed E-state index contributed by atoms with van der Waals surface area (Å²) in [5.41, 5.74) is -0.0523. The molecule has 1 N–H and O–H groups in total. The number of allylic oxidation sites excluding steroid dienone is 2. The second-order valence-corrected chi connectivity index (χ2v) is 8.11. The summed E-state index contributed by atoms with van der Waals surface area (Å²) in [6.45, 7) is 12.0. The Morgan fingerprint density at radius 1 is 1.05 bits per heavy atom. The van der Waals surface area contributed by atoms with Gasteiger partial charge in [-0.25, -0.2) is 0 Å². The number of Topliss-reactive ketones (excluding diaryl/α,β-unsaturated/α-hetero) is 1. The summed E-state index contributed by atoms with van der Waals surface area (Å²) in [6.07, 6.45) is 5.02. The number of aliphatic hydroxyl groups is 1. The third-order valence-electron chi connectivity index (χ3n) is 4.07. The molecule has 0 atom stereocenters. The Morgan fingerprint density at radius 2 is 1.50 bits per heavy atom. The Balaban J connectivity index is 2.72. The Hall–Kier alpha value is -1.68. The van der Waals surface area contributed by atoms with Crippen LogP contribution in [-0.2, 0) is 17.4 Å². The lowest BCUT2D eigenvalue weighted by atomic mass is 9.69. The van der Waals surface area contributed by atoms with Gasteiger partial charge in [0, 0.05) is 24.4 Å². The first-order chi connectivity index (χ1) is 9.86. The van der Waals surface area contributed by atoms with E-state index in [-0.39, 0.29) is 16.6 Å². The number of carbonyl (C=O) groups is 1. The highest BCUT2D eigenvalue weighted by Gasteiger charge is 2.41. The second kappa shape index (κ2) is 4.92. The zero-order valence-electron chi connectivity index (χ0n) is 14.6. The van der Waals surface area contributed by atoms with Crippen molar-refractivity contribution in [2.24, 2.45) is 17.9 Å². The van der Waals surface area contributed by atoms with Crippen LogP contribution < -0.4 is 0 Å². The van der Waals surface area contributed by atoms with Crippen molar-refractivity contribution < 1.29 is 9.90 Å². The van der Waals surface area contributed by atoms with Gasteiger partial charge in [0.05, 0.1) is 5.69 Å². The molecule has 0 bridgehead atoms. The van der Waals surface area contributed by atoms with Crippen LogP contribution in [0.2, 0.25) is 0 Å². The number of hydrogen-bond acceptors (Lipinski definition) is 3. The van der Waals surface area contributed by atoms with Gasteiger partial charge < -0.3 is 5.11 Å². The van der Waals surface area contributed by atoms with Gasteiger partial charge >= 0.3 is 0 Å². The van der Waals surface area contributed by atoms with E-state index >= 15 is 0 Å². The quantitative estimate of drug-likeness (QED) is 0.867. The van der Waals surface area contributed by atoms with Crippen LogP contribution in [0.4, 0.5) is 0 Å². The lowest BCUT2D eigenvalue weighted by Crippen LogP contribution is -2.36. The normalized spacial score (nSPS) is 19.0. The van der Waals surface area contributed by atoms with Gasteiger partial charge in [-0.2, -0.15) is 5.10 Å². The summed E-state index contributed by atoms with van der Waals surface area (Å²) in [5.74, 6) is 0.0202. The van der Waals surface area contributed by atoms with Gasteiger partial charge in [-0.3, -0.25) is 9.48 Å². The summed E-state index contributed by atoms with van der Waals surface area (Å²) in [6, 6.07) is 1.78. The maximum absolute atomic E-state index is 12.9. The molecule has 0 fully saturated rings. The van der Waals surface area contributed by atoms with E-state index < -0.39 is 5.60 Å². The first-order valence-corrected chi connectivity index (χ1v) is 7.58. The molecule has 1 aliphatic rings. The third-order valence-corrected chi connectivity index (χ3v) is 4.07.